The van der Waals surface area contributed by atoms with E-state index in [4.69, 9.17) is 14.2 Å². The second-order valence-corrected chi connectivity index (χ2v) is 15.5. The fraction of sp³-hybridized carbons (Fsp3) is 0.667. The van der Waals surface area contributed by atoms with Gasteiger partial charge in [-0.05, 0) is 57.7 Å². The van der Waals surface area contributed by atoms with E-state index in [1.165, 1.54) is 0 Å². The minimum atomic E-state index is -1.04. The summed E-state index contributed by atoms with van der Waals surface area (Å²) in [5.74, 6) is -0.440. The monoisotopic (exact) mass is 768 g/mol. The van der Waals surface area contributed by atoms with Gasteiger partial charge in [-0.1, -0.05) is 17.3 Å². The highest BCUT2D eigenvalue weighted by molar-refractivity contribution is 5.91. The fourth-order valence-electron chi connectivity index (χ4n) is 7.33. The van der Waals surface area contributed by atoms with Crippen molar-refractivity contribution in [2.45, 2.75) is 51.2 Å². The number of hydrogen-bond acceptors (Lipinski definition) is 14. The maximum absolute atomic E-state index is 13.7. The maximum Gasteiger partial charge on any atom is 0.226 e. The van der Waals surface area contributed by atoms with Crippen molar-refractivity contribution >= 4 is 34.7 Å². The lowest BCUT2D eigenvalue weighted by Gasteiger charge is -2.33. The molecule has 1 N–H and O–H groups in total. The van der Waals surface area contributed by atoms with Gasteiger partial charge in [-0.15, -0.1) is 5.10 Å². The van der Waals surface area contributed by atoms with Crippen LogP contribution in [0.3, 0.4) is 0 Å². The Kier molecular flexibility index (Phi) is 17.7. The summed E-state index contributed by atoms with van der Waals surface area (Å²) in [6.07, 6.45) is 2.67. The standard InChI is InChI=1S/C39H60N8O8/c1-43-11-12-44(2)26-35(49)20-39(19-34(48)25-43)21-36(50)27-45(3)24-33(46(4)28-37(51)22-39)18-30-6-8-31(9-7-30)40-38(52)10-13-53-14-15-54-16-17-55-29-32-23-47(5)42-41-32/h6-9,23,33H,10-22,24-29H2,1-5H3,(H,40,52). The van der Waals surface area contributed by atoms with Crippen molar-refractivity contribution in [3.05, 3.63) is 41.7 Å². The van der Waals surface area contributed by atoms with E-state index < -0.39 is 5.41 Å². The first-order chi connectivity index (χ1) is 26.3. The Hall–Kier alpha value is -3.77. The Labute approximate surface area is 324 Å². The number of rotatable bonds is 14. The van der Waals surface area contributed by atoms with E-state index in [0.717, 1.165) is 11.3 Å². The van der Waals surface area contributed by atoms with Gasteiger partial charge >= 0.3 is 0 Å². The molecule has 2 aromatic rings. The van der Waals surface area contributed by atoms with Gasteiger partial charge in [0.1, 0.15) is 28.8 Å². The summed E-state index contributed by atoms with van der Waals surface area (Å²) < 4.78 is 18.2. The number of aromatic nitrogens is 3. The highest BCUT2D eigenvalue weighted by Crippen LogP contribution is 2.37. The normalized spacial score (nSPS) is 20.7. The van der Waals surface area contributed by atoms with Gasteiger partial charge in [0.05, 0.1) is 78.4 Å². The molecule has 4 rings (SSSR count). The summed E-state index contributed by atoms with van der Waals surface area (Å²) >= 11 is 0. The second kappa shape index (κ2) is 22.1. The molecule has 1 aromatic carbocycles. The Morgan fingerprint density at radius 3 is 1.82 bits per heavy atom. The van der Waals surface area contributed by atoms with E-state index in [-0.39, 0.29) is 100.0 Å². The number of nitrogens with zero attached hydrogens (tertiary/aromatic N) is 7. The molecule has 2 aliphatic rings. The first-order valence-electron chi connectivity index (χ1n) is 19.1. The third-order valence-electron chi connectivity index (χ3n) is 9.89. The predicted molar refractivity (Wildman–Crippen MR) is 206 cm³/mol. The highest BCUT2D eigenvalue weighted by atomic mass is 16.5. The molecular formula is C39H60N8O8. The summed E-state index contributed by atoms with van der Waals surface area (Å²) in [4.78, 5) is 74.2. The number of ketones is 4. The molecule has 2 aliphatic heterocycles. The van der Waals surface area contributed by atoms with Gasteiger partial charge in [0, 0.05) is 64.1 Å². The van der Waals surface area contributed by atoms with E-state index in [1.54, 1.807) is 17.9 Å². The smallest absolute Gasteiger partial charge is 0.226 e. The molecule has 0 aliphatic carbocycles. The van der Waals surface area contributed by atoms with Crippen LogP contribution < -0.4 is 5.32 Å². The predicted octanol–water partition coefficient (Wildman–Crippen LogP) is 0.882. The summed E-state index contributed by atoms with van der Waals surface area (Å²) in [5.41, 5.74) is 1.41. The molecule has 1 amide bonds. The molecule has 1 atom stereocenters. The Morgan fingerprint density at radius 2 is 1.25 bits per heavy atom. The van der Waals surface area contributed by atoms with Crippen molar-refractivity contribution in [1.82, 2.24) is 34.6 Å². The Balaban J connectivity index is 1.24. The van der Waals surface area contributed by atoms with Crippen LogP contribution in [-0.2, 0) is 58.3 Å². The zero-order valence-electron chi connectivity index (χ0n) is 33.3. The number of amides is 1. The molecular weight excluding hydrogens is 708 g/mol. The average Bonchev–Trinajstić information content (AvgIpc) is 3.51. The van der Waals surface area contributed by atoms with Gasteiger partial charge in [-0.2, -0.15) is 0 Å². The van der Waals surface area contributed by atoms with Crippen LogP contribution in [-0.4, -0.2) is 177 Å². The number of nitrogens with one attached hydrogen (secondary N) is 1. The number of Topliss-reactive ketones (excluding diaryl/α,β-unsaturated/α-hetero) is 4. The lowest BCUT2D eigenvalue weighted by Crippen LogP contribution is -2.45. The highest BCUT2D eigenvalue weighted by Gasteiger charge is 2.40. The molecule has 2 saturated heterocycles. The van der Waals surface area contributed by atoms with Crippen molar-refractivity contribution in [3.8, 4) is 0 Å². The number of ether oxygens (including phenoxy) is 3. The van der Waals surface area contributed by atoms with Gasteiger partial charge in [0.25, 0.3) is 0 Å². The Morgan fingerprint density at radius 1 is 0.727 bits per heavy atom. The maximum atomic E-state index is 13.7. The number of aryl methyl sites for hydroxylation is 1. The van der Waals surface area contributed by atoms with E-state index in [9.17, 15) is 24.0 Å². The SMILES string of the molecule is CN1CCN(C)CC(=O)CC2(CC(=O)C1)CC(=O)CN(C)CC(Cc1ccc(NC(=O)CCOCCOCCOCc3cn(C)nn3)cc1)N(C)CC(=O)C2. The van der Waals surface area contributed by atoms with Gasteiger partial charge < -0.3 is 19.5 Å². The van der Waals surface area contributed by atoms with E-state index >= 15 is 0 Å². The topological polar surface area (TPSA) is 169 Å². The average molecular weight is 769 g/mol. The van der Waals surface area contributed by atoms with Crippen molar-refractivity contribution in [1.29, 1.82) is 0 Å². The van der Waals surface area contributed by atoms with E-state index in [0.29, 0.717) is 64.8 Å². The number of carbonyl (C=O) groups excluding carboxylic acids is 5. The van der Waals surface area contributed by atoms with E-state index in [1.807, 2.05) is 72.1 Å². The van der Waals surface area contributed by atoms with Crippen LogP contribution in [0.1, 0.15) is 43.4 Å². The molecule has 3 heterocycles. The molecule has 1 unspecified atom stereocenters. The molecule has 16 nitrogen and oxygen atoms in total. The van der Waals surface area contributed by atoms with Crippen LogP contribution in [0.15, 0.2) is 30.5 Å². The van der Waals surface area contributed by atoms with Crippen LogP contribution in [0.5, 0.6) is 0 Å². The quantitative estimate of drug-likeness (QED) is 0.269. The number of benzene rings is 1. The summed E-state index contributed by atoms with van der Waals surface area (Å²) in [6.45, 7) is 4.81. The Bertz CT molecular complexity index is 1540. The molecule has 304 valence electrons. The zero-order valence-corrected chi connectivity index (χ0v) is 33.3. The van der Waals surface area contributed by atoms with E-state index in [2.05, 4.69) is 15.6 Å². The zero-order chi connectivity index (χ0) is 39.8. The molecule has 16 heteroatoms. The van der Waals surface area contributed by atoms with Crippen LogP contribution in [0.2, 0.25) is 0 Å². The molecule has 0 saturated carbocycles. The van der Waals surface area contributed by atoms with Crippen molar-refractivity contribution in [3.63, 3.8) is 0 Å². The minimum Gasteiger partial charge on any atom is -0.379 e. The van der Waals surface area contributed by atoms with Crippen molar-refractivity contribution < 1.29 is 38.2 Å². The third kappa shape index (κ3) is 16.1. The number of hydrogen-bond donors (Lipinski definition) is 1. The minimum absolute atomic E-state index is 0.000719. The van der Waals surface area contributed by atoms with Gasteiger partial charge in [-0.25, -0.2) is 0 Å². The fourth-order valence-corrected chi connectivity index (χ4v) is 7.33. The first-order valence-corrected chi connectivity index (χ1v) is 19.1. The number of likely N-dealkylation sites (N-methyl/N-ethyl adjacent to an activating group) is 4. The second-order valence-electron chi connectivity index (χ2n) is 15.5. The molecule has 0 bridgehead atoms. The van der Waals surface area contributed by atoms with Gasteiger partial charge in [0.2, 0.25) is 5.91 Å². The number of anilines is 1. The summed E-state index contributed by atoms with van der Waals surface area (Å²) in [5, 5.41) is 10.7. The third-order valence-corrected chi connectivity index (χ3v) is 9.89. The lowest BCUT2D eigenvalue weighted by atomic mass is 9.70. The van der Waals surface area contributed by atoms with Crippen LogP contribution in [0.25, 0.3) is 0 Å². The lowest BCUT2D eigenvalue weighted by molar-refractivity contribution is -0.131. The number of carbonyl (C=O) groups is 5. The molecule has 1 spiro atoms. The molecule has 2 fully saturated rings. The van der Waals surface area contributed by atoms with Crippen LogP contribution in [0.4, 0.5) is 5.69 Å². The molecule has 0 radical (unpaired) electrons. The molecule has 55 heavy (non-hydrogen) atoms. The van der Waals surface area contributed by atoms with Crippen LogP contribution in [0, 0.1) is 5.41 Å². The van der Waals surface area contributed by atoms with Gasteiger partial charge in [0.15, 0.2) is 0 Å². The summed E-state index contributed by atoms with van der Waals surface area (Å²) in [6, 6.07) is 7.52. The molecule has 1 aromatic heterocycles. The first kappa shape index (κ1) is 44.0. The van der Waals surface area contributed by atoms with Crippen LogP contribution >= 0.6 is 0 Å². The summed E-state index contributed by atoms with van der Waals surface area (Å²) in [7, 11) is 9.34. The van der Waals surface area contributed by atoms with Crippen molar-refractivity contribution in [2.24, 2.45) is 12.5 Å². The largest absolute Gasteiger partial charge is 0.379 e. The van der Waals surface area contributed by atoms with Crippen molar-refractivity contribution in [2.75, 3.05) is 112 Å². The van der Waals surface area contributed by atoms with Gasteiger partial charge in [-0.3, -0.25) is 48.3 Å².